The number of sulfonamides is 1. The molecule has 0 aliphatic carbocycles. The molecule has 1 aromatic heterocycles. The highest BCUT2D eigenvalue weighted by molar-refractivity contribution is 7.92. The van der Waals surface area contributed by atoms with Crippen molar-refractivity contribution < 1.29 is 13.2 Å². The molecule has 0 aliphatic rings. The van der Waals surface area contributed by atoms with E-state index in [4.69, 9.17) is 11.6 Å². The molecule has 0 saturated carbocycles. The lowest BCUT2D eigenvalue weighted by Gasteiger charge is -2.25. The van der Waals surface area contributed by atoms with Gasteiger partial charge in [0, 0.05) is 19.2 Å². The average Bonchev–Trinajstić information content (AvgIpc) is 2.55. The Kier molecular flexibility index (Phi) is 6.61. The highest BCUT2D eigenvalue weighted by Gasteiger charge is 2.23. The SMILES string of the molecule is Cc1cc(C)c(N(CCC(=O)NCc2ccccn2)S(C)(=O)=O)c(Cl)c1. The van der Waals surface area contributed by atoms with Crippen molar-refractivity contribution in [2.24, 2.45) is 0 Å². The molecule has 8 heteroatoms. The first-order valence-corrected chi connectivity index (χ1v) is 10.3. The van der Waals surface area contributed by atoms with Gasteiger partial charge < -0.3 is 5.32 Å². The van der Waals surface area contributed by atoms with Crippen LogP contribution in [0, 0.1) is 13.8 Å². The summed E-state index contributed by atoms with van der Waals surface area (Å²) in [6, 6.07) is 9.01. The monoisotopic (exact) mass is 395 g/mol. The molecule has 0 atom stereocenters. The lowest BCUT2D eigenvalue weighted by molar-refractivity contribution is -0.121. The number of anilines is 1. The van der Waals surface area contributed by atoms with E-state index in [1.54, 1.807) is 31.3 Å². The maximum absolute atomic E-state index is 12.2. The molecular formula is C18H22ClN3O3S. The number of nitrogens with one attached hydrogen (secondary N) is 1. The Balaban J connectivity index is 2.09. The summed E-state index contributed by atoms with van der Waals surface area (Å²) in [6.45, 7) is 3.99. The van der Waals surface area contributed by atoms with Gasteiger partial charge in [-0.05, 0) is 43.2 Å². The quantitative estimate of drug-likeness (QED) is 0.781. The molecule has 6 nitrogen and oxygen atoms in total. The van der Waals surface area contributed by atoms with E-state index in [1.165, 1.54) is 4.31 Å². The van der Waals surface area contributed by atoms with E-state index in [-0.39, 0.29) is 18.9 Å². The predicted octanol–water partition coefficient (Wildman–Crippen LogP) is 2.82. The highest BCUT2D eigenvalue weighted by atomic mass is 35.5. The smallest absolute Gasteiger partial charge is 0.232 e. The molecule has 1 amide bonds. The lowest BCUT2D eigenvalue weighted by atomic mass is 10.1. The number of aromatic nitrogens is 1. The molecule has 0 spiro atoms. The van der Waals surface area contributed by atoms with Crippen LogP contribution in [0.1, 0.15) is 23.2 Å². The first-order valence-electron chi connectivity index (χ1n) is 8.09. The van der Waals surface area contributed by atoms with Gasteiger partial charge in [0.2, 0.25) is 15.9 Å². The van der Waals surface area contributed by atoms with E-state index < -0.39 is 10.0 Å². The number of amides is 1. The Labute approximate surface area is 159 Å². The van der Waals surface area contributed by atoms with E-state index in [1.807, 2.05) is 19.1 Å². The molecule has 2 rings (SSSR count). The minimum Gasteiger partial charge on any atom is -0.350 e. The maximum atomic E-state index is 12.2. The predicted molar refractivity (Wildman–Crippen MR) is 104 cm³/mol. The van der Waals surface area contributed by atoms with Crippen LogP contribution in [0.4, 0.5) is 5.69 Å². The second-order valence-electron chi connectivity index (χ2n) is 6.10. The van der Waals surface area contributed by atoms with E-state index in [9.17, 15) is 13.2 Å². The molecule has 0 unspecified atom stereocenters. The van der Waals surface area contributed by atoms with Crippen LogP contribution in [0.25, 0.3) is 0 Å². The van der Waals surface area contributed by atoms with Gasteiger partial charge in [0.1, 0.15) is 0 Å². The second-order valence-corrected chi connectivity index (χ2v) is 8.41. The average molecular weight is 396 g/mol. The molecule has 0 saturated heterocycles. The number of halogens is 1. The number of carbonyl (C=O) groups is 1. The molecule has 26 heavy (non-hydrogen) atoms. The van der Waals surface area contributed by atoms with Crippen LogP contribution in [0.2, 0.25) is 5.02 Å². The molecule has 2 aromatic rings. The van der Waals surface area contributed by atoms with Gasteiger partial charge in [-0.25, -0.2) is 8.42 Å². The Morgan fingerprint density at radius 2 is 2.00 bits per heavy atom. The van der Waals surface area contributed by atoms with Crippen molar-refractivity contribution in [1.29, 1.82) is 0 Å². The van der Waals surface area contributed by atoms with Crippen LogP contribution in [-0.4, -0.2) is 32.1 Å². The van der Waals surface area contributed by atoms with Crippen molar-refractivity contribution in [3.05, 3.63) is 58.4 Å². The van der Waals surface area contributed by atoms with E-state index in [0.717, 1.165) is 23.1 Å². The fourth-order valence-electron chi connectivity index (χ4n) is 2.65. The van der Waals surface area contributed by atoms with Crippen LogP contribution in [0.5, 0.6) is 0 Å². The molecule has 0 fully saturated rings. The van der Waals surface area contributed by atoms with Crippen molar-refractivity contribution >= 4 is 33.2 Å². The molecule has 1 heterocycles. The Morgan fingerprint density at radius 3 is 2.58 bits per heavy atom. The zero-order valence-electron chi connectivity index (χ0n) is 15.0. The summed E-state index contributed by atoms with van der Waals surface area (Å²) in [5.74, 6) is -0.259. The van der Waals surface area contributed by atoms with Crippen LogP contribution in [0.15, 0.2) is 36.5 Å². The number of nitrogens with zero attached hydrogens (tertiary/aromatic N) is 2. The molecule has 0 aliphatic heterocycles. The number of rotatable bonds is 7. The topological polar surface area (TPSA) is 79.4 Å². The first-order chi connectivity index (χ1) is 12.2. The van der Waals surface area contributed by atoms with Gasteiger partial charge >= 0.3 is 0 Å². The molecule has 1 aromatic carbocycles. The first kappa shape index (κ1) is 20.2. The van der Waals surface area contributed by atoms with Crippen LogP contribution >= 0.6 is 11.6 Å². The Morgan fingerprint density at radius 1 is 1.27 bits per heavy atom. The summed E-state index contributed by atoms with van der Waals surface area (Å²) in [5.41, 5.74) is 2.84. The summed E-state index contributed by atoms with van der Waals surface area (Å²) in [4.78, 5) is 16.2. The van der Waals surface area contributed by atoms with E-state index in [2.05, 4.69) is 10.3 Å². The number of pyridine rings is 1. The summed E-state index contributed by atoms with van der Waals surface area (Å²) >= 11 is 6.28. The number of benzene rings is 1. The molecule has 140 valence electrons. The van der Waals surface area contributed by atoms with Crippen molar-refractivity contribution in [2.75, 3.05) is 17.1 Å². The third kappa shape index (κ3) is 5.44. The highest BCUT2D eigenvalue weighted by Crippen LogP contribution is 2.32. The van der Waals surface area contributed by atoms with Gasteiger partial charge in [-0.1, -0.05) is 23.7 Å². The van der Waals surface area contributed by atoms with Crippen molar-refractivity contribution in [3.8, 4) is 0 Å². The maximum Gasteiger partial charge on any atom is 0.232 e. The molecule has 0 bridgehead atoms. The molecule has 1 N–H and O–H groups in total. The zero-order chi connectivity index (χ0) is 19.3. The summed E-state index contributed by atoms with van der Waals surface area (Å²) in [7, 11) is -3.58. The van der Waals surface area contributed by atoms with E-state index >= 15 is 0 Å². The lowest BCUT2D eigenvalue weighted by Crippen LogP contribution is -2.35. The number of hydrogen-bond donors (Lipinski definition) is 1. The number of aryl methyl sites for hydroxylation is 2. The normalized spacial score (nSPS) is 11.2. The molecule has 0 radical (unpaired) electrons. The van der Waals surface area contributed by atoms with Gasteiger partial charge in [-0.15, -0.1) is 0 Å². The summed E-state index contributed by atoms with van der Waals surface area (Å²) in [6.07, 6.45) is 2.77. The minimum absolute atomic E-state index is 0.0104. The standard InChI is InChI=1S/C18H22ClN3O3S/c1-13-10-14(2)18(16(19)11-13)22(26(3,24)25)9-7-17(23)21-12-15-6-4-5-8-20-15/h4-6,8,10-11H,7,9,12H2,1-3H3,(H,21,23). The van der Waals surface area contributed by atoms with Crippen LogP contribution in [-0.2, 0) is 21.4 Å². The van der Waals surface area contributed by atoms with Crippen molar-refractivity contribution in [1.82, 2.24) is 10.3 Å². The van der Waals surface area contributed by atoms with Gasteiger partial charge in [-0.3, -0.25) is 14.1 Å². The number of hydrogen-bond acceptors (Lipinski definition) is 4. The largest absolute Gasteiger partial charge is 0.350 e. The van der Waals surface area contributed by atoms with E-state index in [0.29, 0.717) is 17.3 Å². The fraction of sp³-hybridized carbons (Fsp3) is 0.333. The van der Waals surface area contributed by atoms with Crippen molar-refractivity contribution in [2.45, 2.75) is 26.8 Å². The van der Waals surface area contributed by atoms with Gasteiger partial charge in [-0.2, -0.15) is 0 Å². The van der Waals surface area contributed by atoms with Gasteiger partial charge in [0.25, 0.3) is 0 Å². The summed E-state index contributed by atoms with van der Waals surface area (Å²) in [5, 5.41) is 3.09. The number of carbonyl (C=O) groups excluding carboxylic acids is 1. The van der Waals surface area contributed by atoms with Crippen LogP contribution in [0.3, 0.4) is 0 Å². The van der Waals surface area contributed by atoms with Gasteiger partial charge in [0.15, 0.2) is 0 Å². The van der Waals surface area contributed by atoms with Crippen molar-refractivity contribution in [3.63, 3.8) is 0 Å². The summed E-state index contributed by atoms with van der Waals surface area (Å²) < 4.78 is 25.7. The zero-order valence-corrected chi connectivity index (χ0v) is 16.6. The molecular weight excluding hydrogens is 374 g/mol. The fourth-order valence-corrected chi connectivity index (χ4v) is 4.12. The second kappa shape index (κ2) is 8.51. The third-order valence-electron chi connectivity index (χ3n) is 3.78. The van der Waals surface area contributed by atoms with Gasteiger partial charge in [0.05, 0.1) is 29.2 Å². The minimum atomic E-state index is -3.58. The Bertz CT molecular complexity index is 863. The van der Waals surface area contributed by atoms with Crippen LogP contribution < -0.4 is 9.62 Å². The Hall–Kier alpha value is -2.12. The third-order valence-corrected chi connectivity index (χ3v) is 5.24.